The Hall–Kier alpha value is -1.38. The number of aliphatic imine (C=N–C) groups is 1. The molecule has 2 N–H and O–H groups in total. The van der Waals surface area contributed by atoms with Crippen molar-refractivity contribution in [3.8, 4) is 0 Å². The van der Waals surface area contributed by atoms with Crippen molar-refractivity contribution >= 4 is 41.5 Å². The van der Waals surface area contributed by atoms with Crippen LogP contribution in [-0.4, -0.2) is 48.4 Å². The van der Waals surface area contributed by atoms with Gasteiger partial charge >= 0.3 is 0 Å². The number of carbonyl (C=O) groups excluding carboxylic acids is 1. The van der Waals surface area contributed by atoms with E-state index in [0.29, 0.717) is 11.1 Å². The minimum atomic E-state index is -0.0890. The molecule has 0 atom stereocenters. The number of guanidine groups is 1. The Labute approximate surface area is 160 Å². The minimum Gasteiger partial charge on any atom is -0.347 e. The van der Waals surface area contributed by atoms with Crippen molar-refractivity contribution in [3.63, 3.8) is 0 Å². The number of nitrogens with one attached hydrogen (secondary N) is 2. The zero-order valence-electron chi connectivity index (χ0n) is 14.1. The quantitative estimate of drug-likeness (QED) is 0.428. The number of likely N-dealkylation sites (tertiary alicyclic amines) is 1. The van der Waals surface area contributed by atoms with Gasteiger partial charge in [-0.2, -0.15) is 0 Å². The Bertz CT molecular complexity index is 572. The molecule has 1 aliphatic heterocycles. The third-order valence-corrected chi connectivity index (χ3v) is 4.97. The van der Waals surface area contributed by atoms with Crippen LogP contribution in [0.5, 0.6) is 0 Å². The zero-order valence-corrected chi connectivity index (χ0v) is 16.5. The molecule has 0 aromatic carbocycles. The van der Waals surface area contributed by atoms with Gasteiger partial charge in [0.2, 0.25) is 5.91 Å². The van der Waals surface area contributed by atoms with Crippen LogP contribution in [0.3, 0.4) is 0 Å². The van der Waals surface area contributed by atoms with Gasteiger partial charge in [0.05, 0.1) is 18.4 Å². The van der Waals surface area contributed by atoms with E-state index in [0.717, 1.165) is 19.0 Å². The predicted molar refractivity (Wildman–Crippen MR) is 107 cm³/mol. The molecule has 1 aromatic rings. The van der Waals surface area contributed by atoms with Crippen molar-refractivity contribution < 1.29 is 4.79 Å². The van der Waals surface area contributed by atoms with Gasteiger partial charge in [0.25, 0.3) is 0 Å². The molecule has 1 saturated carbocycles. The summed E-state index contributed by atoms with van der Waals surface area (Å²) < 4.78 is 0. The number of halogens is 1. The van der Waals surface area contributed by atoms with Gasteiger partial charge in [0.1, 0.15) is 0 Å². The molecule has 1 spiro atoms. The molecular weight excluding hydrogens is 417 g/mol. The predicted octanol–water partition coefficient (Wildman–Crippen LogP) is 2.48. The number of hydrogen-bond acceptors (Lipinski definition) is 3. The Morgan fingerprint density at radius 3 is 2.83 bits per heavy atom. The van der Waals surface area contributed by atoms with E-state index >= 15 is 0 Å². The molecule has 1 aliphatic carbocycles. The van der Waals surface area contributed by atoms with E-state index in [2.05, 4.69) is 25.5 Å². The van der Waals surface area contributed by atoms with E-state index < -0.39 is 0 Å². The lowest BCUT2D eigenvalue weighted by molar-refractivity contribution is -0.115. The largest absolute Gasteiger partial charge is 0.347 e. The van der Waals surface area contributed by atoms with Gasteiger partial charge < -0.3 is 15.5 Å². The van der Waals surface area contributed by atoms with Gasteiger partial charge in [-0.3, -0.25) is 14.8 Å². The van der Waals surface area contributed by atoms with E-state index in [1.807, 2.05) is 6.07 Å². The van der Waals surface area contributed by atoms with Crippen molar-refractivity contribution in [3.05, 3.63) is 24.5 Å². The molecule has 24 heavy (non-hydrogen) atoms. The Kier molecular flexibility index (Phi) is 6.82. The maximum absolute atomic E-state index is 12.0. The van der Waals surface area contributed by atoms with Gasteiger partial charge in [0, 0.05) is 26.3 Å². The van der Waals surface area contributed by atoms with Crippen LogP contribution in [0.4, 0.5) is 5.69 Å². The van der Waals surface area contributed by atoms with Crippen LogP contribution in [-0.2, 0) is 4.79 Å². The molecule has 132 valence electrons. The minimum absolute atomic E-state index is 0. The van der Waals surface area contributed by atoms with Crippen molar-refractivity contribution in [1.82, 2.24) is 15.2 Å². The monoisotopic (exact) mass is 443 g/mol. The number of anilines is 1. The van der Waals surface area contributed by atoms with Gasteiger partial charge in [-0.25, -0.2) is 0 Å². The third kappa shape index (κ3) is 4.58. The number of pyridine rings is 1. The standard InChI is InChI=1S/C17H25N5O.HI/c1-18-16(22-10-8-17(13-22)6-2-3-7-17)20-12-15(23)21-14-5-4-9-19-11-14;/h4-5,9,11H,2-3,6-8,10,12-13H2,1H3,(H,18,20)(H,21,23);1H. The first-order chi connectivity index (χ1) is 11.2. The van der Waals surface area contributed by atoms with Crippen LogP contribution in [0.15, 0.2) is 29.5 Å². The second-order valence-corrected chi connectivity index (χ2v) is 6.57. The molecule has 6 nitrogen and oxygen atoms in total. The van der Waals surface area contributed by atoms with Crippen LogP contribution in [0.25, 0.3) is 0 Å². The zero-order chi connectivity index (χ0) is 16.1. The molecule has 2 heterocycles. The van der Waals surface area contributed by atoms with Gasteiger partial charge in [-0.05, 0) is 36.8 Å². The summed E-state index contributed by atoms with van der Waals surface area (Å²) in [7, 11) is 1.78. The van der Waals surface area contributed by atoms with E-state index in [1.165, 1.54) is 32.1 Å². The van der Waals surface area contributed by atoms with Crippen LogP contribution in [0, 0.1) is 5.41 Å². The maximum Gasteiger partial charge on any atom is 0.243 e. The Morgan fingerprint density at radius 1 is 1.38 bits per heavy atom. The van der Waals surface area contributed by atoms with Gasteiger partial charge in [0.15, 0.2) is 5.96 Å². The summed E-state index contributed by atoms with van der Waals surface area (Å²) >= 11 is 0. The second kappa shape index (κ2) is 8.64. The molecule has 3 rings (SSSR count). The van der Waals surface area contributed by atoms with Crippen molar-refractivity contribution in [1.29, 1.82) is 0 Å². The molecule has 1 saturated heterocycles. The number of rotatable bonds is 3. The van der Waals surface area contributed by atoms with Crippen LogP contribution in [0.1, 0.15) is 32.1 Å². The van der Waals surface area contributed by atoms with E-state index in [-0.39, 0.29) is 36.4 Å². The van der Waals surface area contributed by atoms with Crippen molar-refractivity contribution in [2.45, 2.75) is 32.1 Å². The number of nitrogens with zero attached hydrogens (tertiary/aromatic N) is 3. The summed E-state index contributed by atoms with van der Waals surface area (Å²) in [6.45, 7) is 2.31. The number of aromatic nitrogens is 1. The highest BCUT2D eigenvalue weighted by molar-refractivity contribution is 14.0. The summed E-state index contributed by atoms with van der Waals surface area (Å²) in [5, 5.41) is 6.00. The molecule has 2 aliphatic rings. The van der Waals surface area contributed by atoms with Gasteiger partial charge in [-0.1, -0.05) is 12.8 Å². The SMILES string of the molecule is CN=C(NCC(=O)Nc1cccnc1)N1CCC2(CCCC2)C1.I. The topological polar surface area (TPSA) is 69.6 Å². The maximum atomic E-state index is 12.0. The van der Waals surface area contributed by atoms with E-state index in [1.54, 1.807) is 25.5 Å². The fourth-order valence-corrected chi connectivity index (χ4v) is 3.78. The first-order valence-electron chi connectivity index (χ1n) is 8.36. The Balaban J connectivity index is 0.00000208. The average Bonchev–Trinajstić information content (AvgIpc) is 3.20. The summed E-state index contributed by atoms with van der Waals surface area (Å²) in [5.74, 6) is 0.740. The molecule has 1 aromatic heterocycles. The highest BCUT2D eigenvalue weighted by Gasteiger charge is 2.41. The third-order valence-electron chi connectivity index (χ3n) is 4.97. The first-order valence-corrected chi connectivity index (χ1v) is 8.36. The summed E-state index contributed by atoms with van der Waals surface area (Å²) in [6, 6.07) is 3.62. The van der Waals surface area contributed by atoms with Crippen LogP contribution < -0.4 is 10.6 Å². The van der Waals surface area contributed by atoms with Crippen LogP contribution >= 0.6 is 24.0 Å². The molecular formula is C17H26IN5O. The molecule has 7 heteroatoms. The number of carbonyl (C=O) groups is 1. The first kappa shape index (κ1) is 19.0. The highest BCUT2D eigenvalue weighted by Crippen LogP contribution is 2.45. The summed E-state index contributed by atoms with van der Waals surface area (Å²) in [6.07, 6.45) is 9.94. The fraction of sp³-hybridized carbons (Fsp3) is 0.588. The highest BCUT2D eigenvalue weighted by atomic mass is 127. The summed E-state index contributed by atoms with van der Waals surface area (Å²) in [5.41, 5.74) is 1.20. The second-order valence-electron chi connectivity index (χ2n) is 6.57. The van der Waals surface area contributed by atoms with Crippen molar-refractivity contribution in [2.24, 2.45) is 10.4 Å². The molecule has 0 unspecified atom stereocenters. The molecule has 0 bridgehead atoms. The lowest BCUT2D eigenvalue weighted by Gasteiger charge is -2.25. The molecule has 2 fully saturated rings. The van der Waals surface area contributed by atoms with E-state index in [4.69, 9.17) is 0 Å². The molecule has 0 radical (unpaired) electrons. The van der Waals surface area contributed by atoms with Crippen molar-refractivity contribution in [2.75, 3.05) is 32.0 Å². The van der Waals surface area contributed by atoms with Crippen LogP contribution in [0.2, 0.25) is 0 Å². The molecule has 1 amide bonds. The van der Waals surface area contributed by atoms with Gasteiger partial charge in [-0.15, -0.1) is 24.0 Å². The number of hydrogen-bond donors (Lipinski definition) is 2. The lowest BCUT2D eigenvalue weighted by Crippen LogP contribution is -2.44. The summed E-state index contributed by atoms with van der Waals surface area (Å²) in [4.78, 5) is 22.6. The smallest absolute Gasteiger partial charge is 0.243 e. The Morgan fingerprint density at radius 2 is 2.17 bits per heavy atom. The van der Waals surface area contributed by atoms with E-state index in [9.17, 15) is 4.79 Å². The lowest BCUT2D eigenvalue weighted by atomic mass is 9.86. The fourth-order valence-electron chi connectivity index (χ4n) is 3.78. The normalized spacial score (nSPS) is 19.2. The number of amides is 1. The average molecular weight is 443 g/mol.